The number of aliphatic hydroxyl groups is 1. The van der Waals surface area contributed by atoms with Crippen LogP contribution in [-0.2, 0) is 0 Å². The second kappa shape index (κ2) is 3.96. The third-order valence-electron chi connectivity index (χ3n) is 1.55. The molecule has 70 valence electrons. The molecule has 0 spiro atoms. The van der Waals surface area contributed by atoms with E-state index in [0.717, 1.165) is 0 Å². The van der Waals surface area contributed by atoms with Gasteiger partial charge in [0.15, 0.2) is 0 Å². The van der Waals surface area contributed by atoms with E-state index in [1.165, 1.54) is 12.1 Å². The maximum Gasteiger partial charge on any atom is 0.137 e. The summed E-state index contributed by atoms with van der Waals surface area (Å²) in [6.07, 6.45) is -1.16. The van der Waals surface area contributed by atoms with Crippen molar-refractivity contribution in [1.29, 1.82) is 5.41 Å². The molecule has 0 aliphatic heterocycles. The van der Waals surface area contributed by atoms with Crippen LogP contribution in [0.3, 0.4) is 0 Å². The third-order valence-corrected chi connectivity index (χ3v) is 2.11. The predicted molar refractivity (Wildman–Crippen MR) is 53.3 cm³/mol. The molecule has 4 N–H and O–H groups in total. The lowest BCUT2D eigenvalue weighted by Gasteiger charge is -2.10. The van der Waals surface area contributed by atoms with Gasteiger partial charge in [-0.05, 0) is 12.1 Å². The van der Waals surface area contributed by atoms with Gasteiger partial charge in [-0.1, -0.05) is 29.3 Å². The van der Waals surface area contributed by atoms with Crippen molar-refractivity contribution in [3.8, 4) is 0 Å². The van der Waals surface area contributed by atoms with Crippen molar-refractivity contribution >= 4 is 29.0 Å². The Morgan fingerprint density at radius 2 is 2.08 bits per heavy atom. The zero-order valence-electron chi connectivity index (χ0n) is 6.59. The van der Waals surface area contributed by atoms with E-state index in [4.69, 9.17) is 34.3 Å². The van der Waals surface area contributed by atoms with E-state index in [9.17, 15) is 5.11 Å². The molecule has 3 nitrogen and oxygen atoms in total. The number of amidine groups is 1. The van der Waals surface area contributed by atoms with Crippen LogP contribution in [0.15, 0.2) is 18.2 Å². The summed E-state index contributed by atoms with van der Waals surface area (Å²) in [6, 6.07) is 4.61. The Balaban J connectivity index is 3.08. The Labute approximate surface area is 85.6 Å². The van der Waals surface area contributed by atoms with Crippen LogP contribution in [0.5, 0.6) is 0 Å². The quantitative estimate of drug-likeness (QED) is 0.525. The van der Waals surface area contributed by atoms with Gasteiger partial charge in [-0.15, -0.1) is 0 Å². The lowest BCUT2D eigenvalue weighted by atomic mass is 10.1. The summed E-state index contributed by atoms with van der Waals surface area (Å²) in [5.41, 5.74) is 5.50. The fourth-order valence-electron chi connectivity index (χ4n) is 0.891. The molecule has 0 aliphatic rings. The molecule has 0 bridgehead atoms. The highest BCUT2D eigenvalue weighted by Gasteiger charge is 2.13. The van der Waals surface area contributed by atoms with Gasteiger partial charge in [-0.25, -0.2) is 0 Å². The maximum atomic E-state index is 9.39. The van der Waals surface area contributed by atoms with Crippen molar-refractivity contribution < 1.29 is 5.11 Å². The molecule has 0 aromatic heterocycles. The standard InChI is InChI=1S/C8H8Cl2N2O/c9-4-1-2-5(6(10)3-4)7(13)8(11)12/h1-3,7,13H,(H3,11,12)/t7-/m1/s1. The molecular weight excluding hydrogens is 211 g/mol. The first-order chi connectivity index (χ1) is 6.02. The van der Waals surface area contributed by atoms with E-state index >= 15 is 0 Å². The van der Waals surface area contributed by atoms with Crippen molar-refractivity contribution in [3.63, 3.8) is 0 Å². The summed E-state index contributed by atoms with van der Waals surface area (Å²) in [5, 5.41) is 17.2. The van der Waals surface area contributed by atoms with Crippen LogP contribution in [0.2, 0.25) is 10.0 Å². The molecule has 1 atom stereocenters. The molecule has 1 aromatic carbocycles. The minimum atomic E-state index is -1.16. The second-order valence-corrected chi connectivity index (χ2v) is 3.37. The highest BCUT2D eigenvalue weighted by Crippen LogP contribution is 2.25. The summed E-state index contributed by atoms with van der Waals surface area (Å²) in [6.45, 7) is 0. The van der Waals surface area contributed by atoms with E-state index in [0.29, 0.717) is 15.6 Å². The Morgan fingerprint density at radius 3 is 2.54 bits per heavy atom. The van der Waals surface area contributed by atoms with Gasteiger partial charge in [-0.3, -0.25) is 5.41 Å². The van der Waals surface area contributed by atoms with Crippen molar-refractivity contribution in [3.05, 3.63) is 33.8 Å². The van der Waals surface area contributed by atoms with Gasteiger partial charge >= 0.3 is 0 Å². The monoisotopic (exact) mass is 218 g/mol. The van der Waals surface area contributed by atoms with Crippen molar-refractivity contribution in [2.24, 2.45) is 5.73 Å². The number of nitrogens with one attached hydrogen (secondary N) is 1. The molecule has 0 fully saturated rings. The van der Waals surface area contributed by atoms with Crippen LogP contribution >= 0.6 is 23.2 Å². The maximum absolute atomic E-state index is 9.39. The first kappa shape index (κ1) is 10.3. The van der Waals surface area contributed by atoms with Crippen molar-refractivity contribution in [2.75, 3.05) is 0 Å². The first-order valence-corrected chi connectivity index (χ1v) is 4.25. The number of aliphatic hydroxyl groups excluding tert-OH is 1. The Kier molecular flexibility index (Phi) is 3.14. The lowest BCUT2D eigenvalue weighted by molar-refractivity contribution is 0.245. The summed E-state index contributed by atoms with van der Waals surface area (Å²) in [5.74, 6) is -0.343. The van der Waals surface area contributed by atoms with Gasteiger partial charge in [0, 0.05) is 15.6 Å². The Morgan fingerprint density at radius 1 is 1.46 bits per heavy atom. The minimum absolute atomic E-state index is 0.301. The Hall–Kier alpha value is -0.770. The second-order valence-electron chi connectivity index (χ2n) is 2.52. The normalized spacial score (nSPS) is 12.5. The van der Waals surface area contributed by atoms with Crippen molar-refractivity contribution in [1.82, 2.24) is 0 Å². The van der Waals surface area contributed by atoms with Crippen LogP contribution in [0.4, 0.5) is 0 Å². The third kappa shape index (κ3) is 2.34. The number of halogens is 2. The first-order valence-electron chi connectivity index (χ1n) is 3.49. The molecule has 0 heterocycles. The van der Waals surface area contributed by atoms with E-state index in [-0.39, 0.29) is 5.84 Å². The topological polar surface area (TPSA) is 70.1 Å². The summed E-state index contributed by atoms with van der Waals surface area (Å²) in [7, 11) is 0. The highest BCUT2D eigenvalue weighted by atomic mass is 35.5. The number of hydrogen-bond donors (Lipinski definition) is 3. The molecule has 0 saturated carbocycles. The molecule has 0 unspecified atom stereocenters. The smallest absolute Gasteiger partial charge is 0.137 e. The predicted octanol–water partition coefficient (Wildman–Crippen LogP) is 1.96. The summed E-state index contributed by atoms with van der Waals surface area (Å²) in [4.78, 5) is 0. The summed E-state index contributed by atoms with van der Waals surface area (Å²) < 4.78 is 0. The van der Waals surface area contributed by atoms with Crippen LogP contribution in [0, 0.1) is 5.41 Å². The number of nitrogens with two attached hydrogens (primary N) is 1. The van der Waals surface area contributed by atoms with Gasteiger partial charge in [0.25, 0.3) is 0 Å². The zero-order chi connectivity index (χ0) is 10.0. The Bertz CT molecular complexity index is 341. The molecule has 5 heteroatoms. The average molecular weight is 219 g/mol. The van der Waals surface area contributed by atoms with Gasteiger partial charge in [0.05, 0.1) is 0 Å². The van der Waals surface area contributed by atoms with E-state index < -0.39 is 6.10 Å². The van der Waals surface area contributed by atoms with Crippen LogP contribution < -0.4 is 5.73 Å². The van der Waals surface area contributed by atoms with E-state index in [2.05, 4.69) is 0 Å². The van der Waals surface area contributed by atoms with Gasteiger partial charge < -0.3 is 10.8 Å². The fourth-order valence-corrected chi connectivity index (χ4v) is 1.40. The molecule has 1 rings (SSSR count). The molecule has 0 radical (unpaired) electrons. The van der Waals surface area contributed by atoms with Crippen LogP contribution in [-0.4, -0.2) is 10.9 Å². The highest BCUT2D eigenvalue weighted by molar-refractivity contribution is 6.35. The molecule has 0 saturated heterocycles. The largest absolute Gasteiger partial charge is 0.385 e. The van der Waals surface area contributed by atoms with Gasteiger partial charge in [-0.2, -0.15) is 0 Å². The zero-order valence-corrected chi connectivity index (χ0v) is 8.10. The van der Waals surface area contributed by atoms with E-state index in [1.807, 2.05) is 0 Å². The van der Waals surface area contributed by atoms with Gasteiger partial charge in [0.2, 0.25) is 0 Å². The fraction of sp³-hybridized carbons (Fsp3) is 0.125. The number of rotatable bonds is 2. The average Bonchev–Trinajstić information content (AvgIpc) is 2.03. The molecule has 1 aromatic rings. The molecular formula is C8H8Cl2N2O. The number of benzene rings is 1. The molecule has 13 heavy (non-hydrogen) atoms. The van der Waals surface area contributed by atoms with Crippen LogP contribution in [0.25, 0.3) is 0 Å². The van der Waals surface area contributed by atoms with Crippen molar-refractivity contribution in [2.45, 2.75) is 6.10 Å². The molecule has 0 aliphatic carbocycles. The molecule has 0 amide bonds. The SMILES string of the molecule is N=C(N)[C@H](O)c1ccc(Cl)cc1Cl. The van der Waals surface area contributed by atoms with Gasteiger partial charge in [0.1, 0.15) is 11.9 Å². The minimum Gasteiger partial charge on any atom is -0.385 e. The summed E-state index contributed by atoms with van der Waals surface area (Å²) >= 11 is 11.4. The van der Waals surface area contributed by atoms with Crippen LogP contribution in [0.1, 0.15) is 11.7 Å². The van der Waals surface area contributed by atoms with E-state index in [1.54, 1.807) is 6.07 Å². The number of hydrogen-bond acceptors (Lipinski definition) is 2. The lowest BCUT2D eigenvalue weighted by Crippen LogP contribution is -2.20.